The average Bonchev–Trinajstić information content (AvgIpc) is 2.52. The fourth-order valence-corrected chi connectivity index (χ4v) is 2.22. The Hall–Kier alpha value is -1.14. The SMILES string of the molecule is N[C@@H](CO)c1ccc(OCCCN2CCOCC2)cc1. The summed E-state index contributed by atoms with van der Waals surface area (Å²) in [7, 11) is 0. The van der Waals surface area contributed by atoms with Gasteiger partial charge in [-0.1, -0.05) is 12.1 Å². The van der Waals surface area contributed by atoms with Gasteiger partial charge in [0.1, 0.15) is 5.75 Å². The molecule has 5 nitrogen and oxygen atoms in total. The molecule has 0 amide bonds. The molecule has 1 aliphatic rings. The van der Waals surface area contributed by atoms with E-state index in [2.05, 4.69) is 4.90 Å². The van der Waals surface area contributed by atoms with Gasteiger partial charge in [0, 0.05) is 19.6 Å². The Labute approximate surface area is 120 Å². The minimum Gasteiger partial charge on any atom is -0.494 e. The van der Waals surface area contributed by atoms with Crippen molar-refractivity contribution in [3.05, 3.63) is 29.8 Å². The first-order valence-electron chi connectivity index (χ1n) is 7.19. The van der Waals surface area contributed by atoms with Gasteiger partial charge in [0.05, 0.1) is 32.5 Å². The average molecular weight is 280 g/mol. The summed E-state index contributed by atoms with van der Waals surface area (Å²) in [5.41, 5.74) is 6.67. The number of aliphatic hydroxyl groups excluding tert-OH is 1. The lowest BCUT2D eigenvalue weighted by atomic mass is 10.1. The first-order chi connectivity index (χ1) is 9.79. The molecule has 0 spiro atoms. The Bertz CT molecular complexity index is 377. The van der Waals surface area contributed by atoms with Gasteiger partial charge in [-0.3, -0.25) is 4.90 Å². The zero-order valence-corrected chi connectivity index (χ0v) is 11.8. The molecule has 1 aromatic rings. The maximum Gasteiger partial charge on any atom is 0.119 e. The van der Waals surface area contributed by atoms with Gasteiger partial charge in [0.25, 0.3) is 0 Å². The molecule has 0 unspecified atom stereocenters. The standard InChI is InChI=1S/C15H24N2O3/c16-15(12-18)13-2-4-14(5-3-13)20-9-1-6-17-7-10-19-11-8-17/h2-5,15,18H,1,6-12,16H2/t15-/m0/s1. The van der Waals surface area contributed by atoms with Gasteiger partial charge >= 0.3 is 0 Å². The Balaban J connectivity index is 1.66. The molecule has 2 rings (SSSR count). The number of aliphatic hydroxyl groups is 1. The van der Waals surface area contributed by atoms with Crippen LogP contribution in [0.2, 0.25) is 0 Å². The molecule has 1 saturated heterocycles. The molecule has 1 heterocycles. The van der Waals surface area contributed by atoms with Crippen LogP contribution in [0.15, 0.2) is 24.3 Å². The third kappa shape index (κ3) is 4.76. The van der Waals surface area contributed by atoms with Gasteiger partial charge in [0.15, 0.2) is 0 Å². The number of ether oxygens (including phenoxy) is 2. The fraction of sp³-hybridized carbons (Fsp3) is 0.600. The van der Waals surface area contributed by atoms with Gasteiger partial charge < -0.3 is 20.3 Å². The first-order valence-corrected chi connectivity index (χ1v) is 7.19. The van der Waals surface area contributed by atoms with Crippen molar-refractivity contribution >= 4 is 0 Å². The van der Waals surface area contributed by atoms with Crippen molar-refractivity contribution in [2.75, 3.05) is 46.1 Å². The van der Waals surface area contributed by atoms with Crippen LogP contribution in [0.5, 0.6) is 5.75 Å². The zero-order valence-electron chi connectivity index (χ0n) is 11.8. The summed E-state index contributed by atoms with van der Waals surface area (Å²) in [6, 6.07) is 7.29. The van der Waals surface area contributed by atoms with E-state index in [0.717, 1.165) is 50.6 Å². The molecule has 3 N–H and O–H groups in total. The summed E-state index contributed by atoms with van der Waals surface area (Å²) in [6.07, 6.45) is 1.01. The van der Waals surface area contributed by atoms with Crippen LogP contribution < -0.4 is 10.5 Å². The Morgan fingerprint density at radius 2 is 1.95 bits per heavy atom. The molecule has 1 aliphatic heterocycles. The molecule has 20 heavy (non-hydrogen) atoms. The second-order valence-electron chi connectivity index (χ2n) is 5.01. The maximum atomic E-state index is 8.98. The van der Waals surface area contributed by atoms with Crippen molar-refractivity contribution < 1.29 is 14.6 Å². The van der Waals surface area contributed by atoms with E-state index in [4.69, 9.17) is 20.3 Å². The smallest absolute Gasteiger partial charge is 0.119 e. The topological polar surface area (TPSA) is 68.0 Å². The van der Waals surface area contributed by atoms with Crippen LogP contribution in [0.3, 0.4) is 0 Å². The molecule has 1 aromatic carbocycles. The third-order valence-electron chi connectivity index (χ3n) is 3.50. The Morgan fingerprint density at radius 1 is 1.25 bits per heavy atom. The van der Waals surface area contributed by atoms with Gasteiger partial charge in [0.2, 0.25) is 0 Å². The molecular weight excluding hydrogens is 256 g/mol. The molecule has 112 valence electrons. The van der Waals surface area contributed by atoms with Crippen molar-refractivity contribution in [1.29, 1.82) is 0 Å². The maximum absolute atomic E-state index is 8.98. The van der Waals surface area contributed by atoms with E-state index in [-0.39, 0.29) is 12.6 Å². The van der Waals surface area contributed by atoms with E-state index in [1.54, 1.807) is 0 Å². The van der Waals surface area contributed by atoms with Crippen LogP contribution in [-0.2, 0) is 4.74 Å². The van der Waals surface area contributed by atoms with Crippen LogP contribution in [-0.4, -0.2) is 56.1 Å². The second-order valence-corrected chi connectivity index (χ2v) is 5.01. The van der Waals surface area contributed by atoms with Crippen LogP contribution in [0.25, 0.3) is 0 Å². The summed E-state index contributed by atoms with van der Waals surface area (Å²) in [5.74, 6) is 0.848. The Morgan fingerprint density at radius 3 is 2.60 bits per heavy atom. The third-order valence-corrected chi connectivity index (χ3v) is 3.50. The van der Waals surface area contributed by atoms with E-state index in [1.165, 1.54) is 0 Å². The van der Waals surface area contributed by atoms with E-state index < -0.39 is 0 Å². The largest absolute Gasteiger partial charge is 0.494 e. The van der Waals surface area contributed by atoms with Crippen molar-refractivity contribution in [2.24, 2.45) is 5.73 Å². The normalized spacial score (nSPS) is 17.9. The van der Waals surface area contributed by atoms with Gasteiger partial charge in [-0.05, 0) is 24.1 Å². The zero-order chi connectivity index (χ0) is 14.2. The number of hydrogen-bond donors (Lipinski definition) is 2. The lowest BCUT2D eigenvalue weighted by molar-refractivity contribution is 0.0358. The number of nitrogens with zero attached hydrogens (tertiary/aromatic N) is 1. The minimum atomic E-state index is -0.314. The molecule has 0 radical (unpaired) electrons. The second kappa shape index (κ2) is 8.21. The predicted octanol–water partition coefficient (Wildman–Crippen LogP) is 0.780. The predicted molar refractivity (Wildman–Crippen MR) is 77.8 cm³/mol. The molecule has 1 atom stereocenters. The van der Waals surface area contributed by atoms with E-state index in [1.807, 2.05) is 24.3 Å². The highest BCUT2D eigenvalue weighted by Gasteiger charge is 2.09. The van der Waals surface area contributed by atoms with Crippen molar-refractivity contribution in [3.63, 3.8) is 0 Å². The van der Waals surface area contributed by atoms with Crippen molar-refractivity contribution in [2.45, 2.75) is 12.5 Å². The summed E-state index contributed by atoms with van der Waals surface area (Å²) < 4.78 is 11.0. The van der Waals surface area contributed by atoms with E-state index in [0.29, 0.717) is 6.61 Å². The number of benzene rings is 1. The lowest BCUT2D eigenvalue weighted by Gasteiger charge is -2.26. The highest BCUT2D eigenvalue weighted by Crippen LogP contribution is 2.16. The monoisotopic (exact) mass is 280 g/mol. The summed E-state index contributed by atoms with van der Waals surface area (Å²) >= 11 is 0. The Kier molecular flexibility index (Phi) is 6.26. The number of nitrogens with two attached hydrogens (primary N) is 1. The number of morpholine rings is 1. The molecule has 1 fully saturated rings. The number of hydrogen-bond acceptors (Lipinski definition) is 5. The summed E-state index contributed by atoms with van der Waals surface area (Å²) in [6.45, 7) is 5.45. The van der Waals surface area contributed by atoms with Crippen LogP contribution in [0.1, 0.15) is 18.0 Å². The molecule has 5 heteroatoms. The van der Waals surface area contributed by atoms with Crippen LogP contribution in [0.4, 0.5) is 0 Å². The quantitative estimate of drug-likeness (QED) is 0.722. The van der Waals surface area contributed by atoms with Gasteiger partial charge in [-0.15, -0.1) is 0 Å². The lowest BCUT2D eigenvalue weighted by Crippen LogP contribution is -2.37. The highest BCUT2D eigenvalue weighted by molar-refractivity contribution is 5.29. The molecule has 0 aliphatic carbocycles. The molecule has 0 saturated carbocycles. The van der Waals surface area contributed by atoms with Gasteiger partial charge in [-0.2, -0.15) is 0 Å². The van der Waals surface area contributed by atoms with E-state index in [9.17, 15) is 0 Å². The summed E-state index contributed by atoms with van der Waals surface area (Å²) in [5, 5.41) is 8.98. The minimum absolute atomic E-state index is 0.0419. The van der Waals surface area contributed by atoms with Crippen LogP contribution in [0, 0.1) is 0 Å². The van der Waals surface area contributed by atoms with Crippen LogP contribution >= 0.6 is 0 Å². The van der Waals surface area contributed by atoms with E-state index >= 15 is 0 Å². The highest BCUT2D eigenvalue weighted by atomic mass is 16.5. The molecule has 0 aromatic heterocycles. The fourth-order valence-electron chi connectivity index (χ4n) is 2.22. The summed E-state index contributed by atoms with van der Waals surface area (Å²) in [4.78, 5) is 2.40. The molecule has 0 bridgehead atoms. The van der Waals surface area contributed by atoms with Crippen molar-refractivity contribution in [1.82, 2.24) is 4.90 Å². The van der Waals surface area contributed by atoms with Gasteiger partial charge in [-0.25, -0.2) is 0 Å². The number of rotatable bonds is 7. The molecular formula is C15H24N2O3. The first kappa shape index (κ1) is 15.3. The van der Waals surface area contributed by atoms with Crippen molar-refractivity contribution in [3.8, 4) is 5.75 Å².